The second kappa shape index (κ2) is 4.67. The van der Waals surface area contributed by atoms with Crippen LogP contribution in [-0.2, 0) is 0 Å². The molecule has 6 heteroatoms. The van der Waals surface area contributed by atoms with Crippen LogP contribution in [0.15, 0.2) is 12.3 Å². The van der Waals surface area contributed by atoms with E-state index in [9.17, 15) is 4.79 Å². The average molecular weight is 237 g/mol. The van der Waals surface area contributed by atoms with Crippen LogP contribution in [0, 0.1) is 5.41 Å². The molecule has 0 aliphatic heterocycles. The number of aliphatic hydroxyl groups is 1. The van der Waals surface area contributed by atoms with Gasteiger partial charge in [-0.2, -0.15) is 0 Å². The lowest BCUT2D eigenvalue weighted by atomic mass is 10.0. The monoisotopic (exact) mass is 237 g/mol. The van der Waals surface area contributed by atoms with Gasteiger partial charge in [-0.25, -0.2) is 14.8 Å². The lowest BCUT2D eigenvalue weighted by molar-refractivity contribution is 0.0690. The molecule has 0 spiro atoms. The molecule has 0 aromatic carbocycles. The standard InChI is InChI=1S/C11H15N3O3/c15-6-4-11(2-3-11)7-13-10-12-5-1-8(14-10)9(16)17/h1,5,15H,2-4,6-7H2,(H,16,17)(H,12,13,14). The van der Waals surface area contributed by atoms with Crippen LogP contribution < -0.4 is 5.32 Å². The third-order valence-electron chi connectivity index (χ3n) is 3.10. The van der Waals surface area contributed by atoms with Gasteiger partial charge in [0.25, 0.3) is 0 Å². The molecule has 0 saturated heterocycles. The van der Waals surface area contributed by atoms with E-state index in [2.05, 4.69) is 15.3 Å². The van der Waals surface area contributed by atoms with Crippen LogP contribution in [0.3, 0.4) is 0 Å². The van der Waals surface area contributed by atoms with Gasteiger partial charge in [0, 0.05) is 19.3 Å². The fraction of sp³-hybridized carbons (Fsp3) is 0.545. The molecule has 1 saturated carbocycles. The molecule has 6 nitrogen and oxygen atoms in total. The van der Waals surface area contributed by atoms with Crippen LogP contribution in [0.5, 0.6) is 0 Å². The average Bonchev–Trinajstić information content (AvgIpc) is 3.08. The zero-order valence-corrected chi connectivity index (χ0v) is 9.39. The van der Waals surface area contributed by atoms with Crippen LogP contribution in [0.25, 0.3) is 0 Å². The summed E-state index contributed by atoms with van der Waals surface area (Å²) in [5.41, 5.74) is 0.131. The maximum absolute atomic E-state index is 10.7. The Morgan fingerprint density at radius 3 is 2.88 bits per heavy atom. The number of aliphatic hydroxyl groups excluding tert-OH is 1. The largest absolute Gasteiger partial charge is 0.477 e. The highest BCUT2D eigenvalue weighted by Crippen LogP contribution is 2.48. The molecular formula is C11H15N3O3. The van der Waals surface area contributed by atoms with Crippen LogP contribution in [0.1, 0.15) is 29.8 Å². The van der Waals surface area contributed by atoms with E-state index in [1.54, 1.807) is 0 Å². The SMILES string of the molecule is O=C(O)c1ccnc(NCC2(CCO)CC2)n1. The molecule has 3 N–H and O–H groups in total. The molecule has 0 bridgehead atoms. The van der Waals surface area contributed by atoms with Crippen LogP contribution in [-0.4, -0.2) is 39.3 Å². The molecule has 1 heterocycles. The summed E-state index contributed by atoms with van der Waals surface area (Å²) in [5.74, 6) is -0.735. The number of anilines is 1. The second-order valence-electron chi connectivity index (χ2n) is 4.40. The first kappa shape index (κ1) is 11.8. The van der Waals surface area contributed by atoms with E-state index in [4.69, 9.17) is 10.2 Å². The maximum atomic E-state index is 10.7. The van der Waals surface area contributed by atoms with Crippen molar-refractivity contribution < 1.29 is 15.0 Å². The van der Waals surface area contributed by atoms with Gasteiger partial charge in [-0.05, 0) is 30.7 Å². The highest BCUT2D eigenvalue weighted by atomic mass is 16.4. The van der Waals surface area contributed by atoms with Crippen molar-refractivity contribution in [3.05, 3.63) is 18.0 Å². The molecule has 92 valence electrons. The van der Waals surface area contributed by atoms with Crippen molar-refractivity contribution in [3.8, 4) is 0 Å². The van der Waals surface area contributed by atoms with Gasteiger partial charge >= 0.3 is 5.97 Å². The predicted molar refractivity (Wildman–Crippen MR) is 60.9 cm³/mol. The first-order valence-corrected chi connectivity index (χ1v) is 5.56. The van der Waals surface area contributed by atoms with Crippen LogP contribution in [0.4, 0.5) is 5.95 Å². The summed E-state index contributed by atoms with van der Waals surface area (Å²) in [6.45, 7) is 0.855. The number of nitrogens with zero attached hydrogens (tertiary/aromatic N) is 2. The lowest BCUT2D eigenvalue weighted by Crippen LogP contribution is -2.18. The van der Waals surface area contributed by atoms with Crippen molar-refractivity contribution in [2.75, 3.05) is 18.5 Å². The van der Waals surface area contributed by atoms with E-state index < -0.39 is 5.97 Å². The molecule has 1 aliphatic carbocycles. The third kappa shape index (κ3) is 2.91. The molecule has 2 rings (SSSR count). The minimum atomic E-state index is -1.06. The first-order valence-electron chi connectivity index (χ1n) is 5.56. The Hall–Kier alpha value is -1.69. The van der Waals surface area contributed by atoms with Crippen molar-refractivity contribution in [3.63, 3.8) is 0 Å². The molecule has 0 atom stereocenters. The Morgan fingerprint density at radius 2 is 2.29 bits per heavy atom. The van der Waals surface area contributed by atoms with Gasteiger partial charge < -0.3 is 15.5 Å². The summed E-state index contributed by atoms with van der Waals surface area (Å²) in [6, 6.07) is 1.36. The van der Waals surface area contributed by atoms with Crippen molar-refractivity contribution in [2.24, 2.45) is 5.41 Å². The van der Waals surface area contributed by atoms with E-state index in [1.807, 2.05) is 0 Å². The number of rotatable bonds is 6. The van der Waals surface area contributed by atoms with Crippen LogP contribution in [0.2, 0.25) is 0 Å². The molecule has 1 aromatic rings. The number of hydrogen-bond donors (Lipinski definition) is 3. The fourth-order valence-corrected chi connectivity index (χ4v) is 1.76. The summed E-state index contributed by atoms with van der Waals surface area (Å²) >= 11 is 0. The van der Waals surface area contributed by atoms with Gasteiger partial charge in [-0.1, -0.05) is 0 Å². The molecule has 0 unspecified atom stereocenters. The van der Waals surface area contributed by atoms with Gasteiger partial charge in [-0.15, -0.1) is 0 Å². The topological polar surface area (TPSA) is 95.3 Å². The van der Waals surface area contributed by atoms with E-state index >= 15 is 0 Å². The first-order chi connectivity index (χ1) is 8.15. The number of carboxylic acid groups (broad SMARTS) is 1. The van der Waals surface area contributed by atoms with Gasteiger partial charge in [0.15, 0.2) is 5.69 Å². The highest BCUT2D eigenvalue weighted by Gasteiger charge is 2.41. The fourth-order valence-electron chi connectivity index (χ4n) is 1.76. The number of hydrogen-bond acceptors (Lipinski definition) is 5. The molecule has 1 fully saturated rings. The normalized spacial score (nSPS) is 16.5. The van der Waals surface area contributed by atoms with Gasteiger partial charge in [-0.3, -0.25) is 0 Å². The minimum absolute atomic E-state index is 0.0190. The Bertz CT molecular complexity index is 418. The minimum Gasteiger partial charge on any atom is -0.477 e. The quantitative estimate of drug-likeness (QED) is 0.675. The summed E-state index contributed by atoms with van der Waals surface area (Å²) in [5, 5.41) is 20.7. The van der Waals surface area contributed by atoms with E-state index in [0.717, 1.165) is 19.3 Å². The highest BCUT2D eigenvalue weighted by molar-refractivity contribution is 5.85. The van der Waals surface area contributed by atoms with E-state index in [-0.39, 0.29) is 17.7 Å². The summed E-state index contributed by atoms with van der Waals surface area (Å²) in [7, 11) is 0. The summed E-state index contributed by atoms with van der Waals surface area (Å²) < 4.78 is 0. The number of aromatic nitrogens is 2. The van der Waals surface area contributed by atoms with E-state index in [0.29, 0.717) is 12.5 Å². The predicted octanol–water partition coefficient (Wildman–Crippen LogP) is 0.749. The van der Waals surface area contributed by atoms with Gasteiger partial charge in [0.05, 0.1) is 0 Å². The molecular weight excluding hydrogens is 222 g/mol. The number of nitrogens with one attached hydrogen (secondary N) is 1. The number of carbonyl (C=O) groups is 1. The van der Waals surface area contributed by atoms with Gasteiger partial charge in [0.1, 0.15) is 0 Å². The molecule has 0 radical (unpaired) electrons. The molecule has 1 aromatic heterocycles. The Kier molecular flexibility index (Phi) is 3.23. The van der Waals surface area contributed by atoms with Gasteiger partial charge in [0.2, 0.25) is 5.95 Å². The number of carboxylic acids is 1. The smallest absolute Gasteiger partial charge is 0.354 e. The summed E-state index contributed by atoms with van der Waals surface area (Å²) in [6.07, 6.45) is 4.35. The zero-order chi connectivity index (χ0) is 12.3. The van der Waals surface area contributed by atoms with E-state index in [1.165, 1.54) is 12.3 Å². The Labute approximate surface area is 98.7 Å². The van der Waals surface area contributed by atoms with Crippen molar-refractivity contribution in [1.29, 1.82) is 0 Å². The third-order valence-corrected chi connectivity index (χ3v) is 3.10. The van der Waals surface area contributed by atoms with Crippen molar-refractivity contribution in [1.82, 2.24) is 9.97 Å². The molecule has 17 heavy (non-hydrogen) atoms. The Morgan fingerprint density at radius 1 is 1.53 bits per heavy atom. The number of aromatic carboxylic acids is 1. The maximum Gasteiger partial charge on any atom is 0.354 e. The van der Waals surface area contributed by atoms with Crippen molar-refractivity contribution in [2.45, 2.75) is 19.3 Å². The molecule has 1 aliphatic rings. The molecule has 0 amide bonds. The summed E-state index contributed by atoms with van der Waals surface area (Å²) in [4.78, 5) is 18.6. The zero-order valence-electron chi connectivity index (χ0n) is 9.39. The Balaban J connectivity index is 1.95. The lowest BCUT2D eigenvalue weighted by Gasteiger charge is -2.14. The second-order valence-corrected chi connectivity index (χ2v) is 4.40. The van der Waals surface area contributed by atoms with Crippen molar-refractivity contribution >= 4 is 11.9 Å². The van der Waals surface area contributed by atoms with Crippen LogP contribution >= 0.6 is 0 Å².